The van der Waals surface area contributed by atoms with Gasteiger partial charge in [-0.2, -0.15) is 0 Å². The van der Waals surface area contributed by atoms with Crippen molar-refractivity contribution >= 4 is 71.0 Å². The van der Waals surface area contributed by atoms with Crippen LogP contribution >= 0.6 is 71.0 Å². The average molecular weight is 394 g/mol. The van der Waals surface area contributed by atoms with E-state index in [4.69, 9.17) is 23.2 Å². The highest BCUT2D eigenvalue weighted by Crippen LogP contribution is 2.31. The van der Waals surface area contributed by atoms with Crippen molar-refractivity contribution in [2.75, 3.05) is 0 Å². The van der Waals surface area contributed by atoms with Crippen LogP contribution in [0.5, 0.6) is 0 Å². The molecule has 0 aliphatic rings. The van der Waals surface area contributed by atoms with E-state index >= 15 is 0 Å². The van der Waals surface area contributed by atoms with Gasteiger partial charge in [-0.15, -0.1) is 23.2 Å². The second-order valence-corrected chi connectivity index (χ2v) is 11.5. The molecule has 0 fully saturated rings. The molecule has 0 bridgehead atoms. The third-order valence-electron chi connectivity index (χ3n) is 0.633. The summed E-state index contributed by atoms with van der Waals surface area (Å²) >= 11 is 20.6. The lowest BCUT2D eigenvalue weighted by Gasteiger charge is -2.00. The van der Waals surface area contributed by atoms with Crippen molar-refractivity contribution < 1.29 is 0 Å². The van der Waals surface area contributed by atoms with E-state index in [1.165, 1.54) is 0 Å². The normalized spacial score (nSPS) is 16.4. The molecular formula is C6H11Br3Cl2. The fourth-order valence-electron chi connectivity index (χ4n) is 0. The van der Waals surface area contributed by atoms with Crippen LogP contribution in [0.2, 0.25) is 0 Å². The molecule has 0 N–H and O–H groups in total. The molecule has 0 saturated carbocycles. The Morgan fingerprint density at radius 3 is 1.09 bits per heavy atom. The van der Waals surface area contributed by atoms with Gasteiger partial charge in [-0.05, 0) is 20.8 Å². The van der Waals surface area contributed by atoms with Crippen molar-refractivity contribution in [2.45, 2.75) is 33.7 Å². The Kier molecular flexibility index (Phi) is 10.5. The molecule has 0 spiro atoms. The molecule has 0 heterocycles. The molecule has 0 aliphatic carbocycles. The molecule has 0 aliphatic heterocycles. The van der Waals surface area contributed by atoms with Crippen molar-refractivity contribution in [1.29, 1.82) is 0 Å². The topological polar surface area (TPSA) is 0 Å². The summed E-state index contributed by atoms with van der Waals surface area (Å²) in [5.41, 5.74) is 0. The average Bonchev–Trinajstić information content (AvgIpc) is 1.59. The van der Waals surface area contributed by atoms with Crippen LogP contribution in [0.25, 0.3) is 0 Å². The van der Waals surface area contributed by atoms with Gasteiger partial charge in [0.15, 0.2) is 0 Å². The van der Waals surface area contributed by atoms with E-state index in [0.29, 0.717) is 0 Å². The maximum absolute atomic E-state index is 5.48. The number of halogens is 5. The highest BCUT2D eigenvalue weighted by Gasteiger charge is 2.04. The fourth-order valence-corrected chi connectivity index (χ4v) is 0. The van der Waals surface area contributed by atoms with Crippen LogP contribution in [0.3, 0.4) is 0 Å². The third-order valence-corrected chi connectivity index (χ3v) is 1.52. The van der Waals surface area contributed by atoms with Gasteiger partial charge in [-0.25, -0.2) is 0 Å². The van der Waals surface area contributed by atoms with Gasteiger partial charge in [0.05, 0.1) is 0 Å². The summed E-state index contributed by atoms with van der Waals surface area (Å²) in [6.45, 7) is 5.69. The number of hydrogen-bond donors (Lipinski definition) is 0. The Morgan fingerprint density at radius 2 is 1.09 bits per heavy atom. The van der Waals surface area contributed by atoms with E-state index in [-0.39, 0.29) is 12.9 Å². The van der Waals surface area contributed by atoms with Crippen LogP contribution in [0.15, 0.2) is 0 Å². The first-order valence-electron chi connectivity index (χ1n) is 2.99. The molecule has 5 heteroatoms. The molecule has 0 saturated heterocycles. The zero-order valence-electron chi connectivity index (χ0n) is 6.54. The largest absolute Gasteiger partial charge is 0.132 e. The Balaban J connectivity index is 0. The first-order chi connectivity index (χ1) is 4.64. The fraction of sp³-hybridized carbons (Fsp3) is 1.00. The monoisotopic (exact) mass is 390 g/mol. The minimum absolute atomic E-state index is 0.0625. The second kappa shape index (κ2) is 7.43. The lowest BCUT2D eigenvalue weighted by Crippen LogP contribution is -2.03. The first kappa shape index (κ1) is 15.5. The van der Waals surface area contributed by atoms with Gasteiger partial charge in [0.1, 0.15) is 2.14 Å². The maximum Gasteiger partial charge on any atom is 0.132 e. The predicted molar refractivity (Wildman–Crippen MR) is 65.8 cm³/mol. The lowest BCUT2D eigenvalue weighted by molar-refractivity contribution is 0.905. The molecule has 2 atom stereocenters. The molecule has 0 aromatic carbocycles. The molecule has 11 heavy (non-hydrogen) atoms. The highest BCUT2D eigenvalue weighted by molar-refractivity contribution is 9.39. The second-order valence-electron chi connectivity index (χ2n) is 2.14. The van der Waals surface area contributed by atoms with Crippen LogP contribution in [-0.2, 0) is 0 Å². The summed E-state index contributed by atoms with van der Waals surface area (Å²) in [5, 5.41) is 0.179. The van der Waals surface area contributed by atoms with Gasteiger partial charge in [-0.3, -0.25) is 0 Å². The molecule has 0 nitrogen and oxygen atoms in total. The van der Waals surface area contributed by atoms with Crippen LogP contribution in [0, 0.1) is 0 Å². The first-order valence-corrected chi connectivity index (χ1v) is 6.24. The summed E-state index contributed by atoms with van der Waals surface area (Å²) in [4.78, 5) is 0. The quantitative estimate of drug-likeness (QED) is 0.545. The van der Waals surface area contributed by atoms with Crippen molar-refractivity contribution in [1.82, 2.24) is 0 Å². The van der Waals surface area contributed by atoms with Crippen molar-refractivity contribution in [3.05, 3.63) is 0 Å². The van der Waals surface area contributed by atoms with Gasteiger partial charge >= 0.3 is 0 Å². The summed E-state index contributed by atoms with van der Waals surface area (Å²) in [7, 11) is 0. The van der Waals surface area contributed by atoms with Gasteiger partial charge in [0, 0.05) is 10.8 Å². The third kappa shape index (κ3) is 33.3. The van der Waals surface area contributed by atoms with Gasteiger partial charge < -0.3 is 0 Å². The number of hydrogen-bond acceptors (Lipinski definition) is 0. The summed E-state index contributed by atoms with van der Waals surface area (Å²) < 4.78 is -0.0625. The van der Waals surface area contributed by atoms with Crippen molar-refractivity contribution in [3.63, 3.8) is 0 Å². The number of alkyl halides is 5. The van der Waals surface area contributed by atoms with E-state index in [2.05, 4.69) is 47.8 Å². The minimum Gasteiger partial charge on any atom is -0.122 e. The van der Waals surface area contributed by atoms with E-state index in [1.807, 2.05) is 20.8 Å². The maximum atomic E-state index is 5.48. The van der Waals surface area contributed by atoms with E-state index in [9.17, 15) is 0 Å². The van der Waals surface area contributed by atoms with E-state index < -0.39 is 0 Å². The summed E-state index contributed by atoms with van der Waals surface area (Å²) in [6.07, 6.45) is 0. The molecule has 0 aromatic rings. The molecule has 0 amide bonds. The predicted octanol–water partition coefficient (Wildman–Crippen LogP) is 5.09. The molecule has 0 radical (unpaired) electrons. The molecule has 0 aromatic heterocycles. The summed E-state index contributed by atoms with van der Waals surface area (Å²) in [5.74, 6) is 0. The molecule has 0 rings (SSSR count). The Morgan fingerprint density at radius 1 is 1.00 bits per heavy atom. The van der Waals surface area contributed by atoms with E-state index in [0.717, 1.165) is 0 Å². The van der Waals surface area contributed by atoms with Crippen molar-refractivity contribution in [2.24, 2.45) is 0 Å². The van der Waals surface area contributed by atoms with Gasteiger partial charge in [-0.1, -0.05) is 47.8 Å². The summed E-state index contributed by atoms with van der Waals surface area (Å²) in [6, 6.07) is 0. The zero-order chi connectivity index (χ0) is 9.65. The minimum atomic E-state index is -0.0625. The van der Waals surface area contributed by atoms with Crippen LogP contribution in [-0.4, -0.2) is 12.9 Å². The van der Waals surface area contributed by atoms with Gasteiger partial charge in [0.25, 0.3) is 0 Å². The molecule has 70 valence electrons. The van der Waals surface area contributed by atoms with Crippen molar-refractivity contribution in [3.8, 4) is 0 Å². The molecule has 2 unspecified atom stereocenters. The zero-order valence-corrected chi connectivity index (χ0v) is 12.8. The van der Waals surface area contributed by atoms with Crippen LogP contribution in [0.1, 0.15) is 20.8 Å². The standard InChI is InChI=1S/C4H8Cl2.C2H3Br3/c1-3(5)4(2)6;1-2(3,4)5/h3-4H,1-2H3;1H3. The number of rotatable bonds is 1. The van der Waals surface area contributed by atoms with E-state index in [1.54, 1.807) is 0 Å². The van der Waals surface area contributed by atoms with Gasteiger partial charge in [0.2, 0.25) is 0 Å². The molecular weight excluding hydrogens is 383 g/mol. The van der Waals surface area contributed by atoms with Crippen LogP contribution in [0.4, 0.5) is 0 Å². The SMILES string of the molecule is CC(Br)(Br)Br.CC(Cl)C(C)Cl. The Hall–Kier alpha value is 2.02. The highest BCUT2D eigenvalue weighted by atomic mass is 80.0. The van der Waals surface area contributed by atoms with Crippen LogP contribution < -0.4 is 0 Å². The lowest BCUT2D eigenvalue weighted by atomic mass is 10.4. The Bertz CT molecular complexity index is 76.3. The smallest absolute Gasteiger partial charge is 0.122 e. The Labute approximate surface area is 104 Å².